The van der Waals surface area contributed by atoms with Crippen LogP contribution in [0, 0.1) is 28.6 Å². The summed E-state index contributed by atoms with van der Waals surface area (Å²) in [5.74, 6) is 0.758. The highest BCUT2D eigenvalue weighted by atomic mass is 32.2. The van der Waals surface area contributed by atoms with Crippen LogP contribution in [0.15, 0.2) is 58.7 Å². The quantitative estimate of drug-likeness (QED) is 0.414. The Labute approximate surface area is 245 Å². The SMILES string of the molecule is N#Cc1cccc(CC(=O)NC2=NN=C([C@H]3CCC[C@H](c4nnc(NC(=O)Cc5cccc(C#N)c5)s4)C3)CS2)c1. The molecule has 1 fully saturated rings. The molecule has 2 heterocycles. The summed E-state index contributed by atoms with van der Waals surface area (Å²) in [5.41, 5.74) is 3.59. The molecule has 0 bridgehead atoms. The van der Waals surface area contributed by atoms with E-state index >= 15 is 0 Å². The average Bonchev–Trinajstić information content (AvgIpc) is 3.46. The van der Waals surface area contributed by atoms with E-state index in [4.69, 9.17) is 10.5 Å². The van der Waals surface area contributed by atoms with Gasteiger partial charge in [-0.15, -0.1) is 15.3 Å². The molecule has 2 atom stereocenters. The van der Waals surface area contributed by atoms with Crippen LogP contribution in [0.25, 0.3) is 0 Å². The summed E-state index contributed by atoms with van der Waals surface area (Å²) in [6, 6.07) is 18.1. The van der Waals surface area contributed by atoms with E-state index in [1.807, 2.05) is 12.1 Å². The minimum atomic E-state index is -0.200. The predicted molar refractivity (Wildman–Crippen MR) is 158 cm³/mol. The summed E-state index contributed by atoms with van der Waals surface area (Å²) in [7, 11) is 0. The van der Waals surface area contributed by atoms with E-state index < -0.39 is 0 Å². The Bertz CT molecular complexity index is 1600. The first kappa shape index (κ1) is 28.1. The van der Waals surface area contributed by atoms with Gasteiger partial charge in [-0.3, -0.25) is 9.59 Å². The maximum absolute atomic E-state index is 12.5. The number of carbonyl (C=O) groups excluding carboxylic acids is 2. The van der Waals surface area contributed by atoms with E-state index in [0.717, 1.165) is 47.5 Å². The van der Waals surface area contributed by atoms with Crippen molar-refractivity contribution in [2.24, 2.45) is 16.1 Å². The van der Waals surface area contributed by atoms with Gasteiger partial charge in [-0.1, -0.05) is 53.8 Å². The van der Waals surface area contributed by atoms with Crippen LogP contribution < -0.4 is 10.6 Å². The summed E-state index contributed by atoms with van der Waals surface area (Å²) < 4.78 is 0. The first-order valence-electron chi connectivity index (χ1n) is 13.2. The van der Waals surface area contributed by atoms with Crippen molar-refractivity contribution in [3.63, 3.8) is 0 Å². The molecule has 1 aliphatic carbocycles. The maximum atomic E-state index is 12.5. The zero-order valence-corrected chi connectivity index (χ0v) is 23.7. The molecule has 2 N–H and O–H groups in total. The van der Waals surface area contributed by atoms with Gasteiger partial charge < -0.3 is 10.6 Å². The number of amides is 2. The lowest BCUT2D eigenvalue weighted by Gasteiger charge is -2.29. The predicted octanol–water partition coefficient (Wildman–Crippen LogP) is 4.55. The number of hydrogen-bond acceptors (Lipinski definition) is 10. The number of nitrogens with zero attached hydrogens (tertiary/aromatic N) is 6. The molecule has 1 aromatic heterocycles. The van der Waals surface area contributed by atoms with Crippen molar-refractivity contribution in [2.75, 3.05) is 11.1 Å². The van der Waals surface area contributed by atoms with E-state index in [1.165, 1.54) is 23.1 Å². The second kappa shape index (κ2) is 13.3. The Morgan fingerprint density at radius 2 is 1.54 bits per heavy atom. The number of thioether (sulfide) groups is 1. The first-order chi connectivity index (χ1) is 20.0. The molecule has 2 amide bonds. The number of hydrogen-bond donors (Lipinski definition) is 2. The summed E-state index contributed by atoms with van der Waals surface area (Å²) in [5, 5.41) is 42.9. The second-order valence-electron chi connectivity index (χ2n) is 9.87. The number of amidine groups is 1. The average molecular weight is 583 g/mol. The van der Waals surface area contributed by atoms with Gasteiger partial charge in [0.15, 0.2) is 5.17 Å². The lowest BCUT2D eigenvalue weighted by molar-refractivity contribution is -0.119. The number of nitriles is 2. The highest BCUT2D eigenvalue weighted by Crippen LogP contribution is 2.39. The van der Waals surface area contributed by atoms with E-state index in [0.29, 0.717) is 27.2 Å². The van der Waals surface area contributed by atoms with Crippen LogP contribution in [0.1, 0.15) is 58.9 Å². The Morgan fingerprint density at radius 3 is 2.17 bits per heavy atom. The molecule has 3 aromatic rings. The molecular weight excluding hydrogens is 557 g/mol. The molecule has 1 saturated carbocycles. The topological polar surface area (TPSA) is 156 Å². The molecule has 10 nitrogen and oxygen atoms in total. The second-order valence-corrected chi connectivity index (χ2v) is 11.8. The third kappa shape index (κ3) is 7.63. The molecule has 0 saturated heterocycles. The Balaban J connectivity index is 1.14. The third-order valence-electron chi connectivity index (χ3n) is 6.90. The lowest BCUT2D eigenvalue weighted by Crippen LogP contribution is -2.33. The number of benzene rings is 2. The van der Waals surface area contributed by atoms with Crippen molar-refractivity contribution in [3.8, 4) is 12.1 Å². The van der Waals surface area contributed by atoms with Gasteiger partial charge in [0.25, 0.3) is 0 Å². The molecule has 2 aromatic carbocycles. The summed E-state index contributed by atoms with van der Waals surface area (Å²) in [4.78, 5) is 25.0. The molecule has 0 radical (unpaired) electrons. The Morgan fingerprint density at radius 1 is 0.878 bits per heavy atom. The number of carbonyl (C=O) groups is 2. The standard InChI is InChI=1S/C29H26N8O2S2/c30-15-20-6-1-4-18(10-20)12-25(38)32-28-36-34-24(17-40-28)22-8-3-9-23(14-22)27-35-37-29(41-27)33-26(39)13-19-5-2-7-21(11-19)16-31/h1-2,4-7,10-11,22-23H,3,8-9,12-14,17H2,(H,32,36,38)(H,33,37,39)/t22-,23-/m0/s1. The zero-order chi connectivity index (χ0) is 28.6. The maximum Gasteiger partial charge on any atom is 0.230 e. The molecule has 1 aliphatic heterocycles. The van der Waals surface area contributed by atoms with Gasteiger partial charge in [0.2, 0.25) is 16.9 Å². The lowest BCUT2D eigenvalue weighted by atomic mass is 9.79. The fourth-order valence-corrected chi connectivity index (χ4v) is 6.71. The van der Waals surface area contributed by atoms with Crippen molar-refractivity contribution in [1.82, 2.24) is 15.5 Å². The van der Waals surface area contributed by atoms with Gasteiger partial charge in [-0.2, -0.15) is 15.6 Å². The van der Waals surface area contributed by atoms with E-state index in [9.17, 15) is 9.59 Å². The van der Waals surface area contributed by atoms with Crippen LogP contribution >= 0.6 is 23.1 Å². The minimum absolute atomic E-state index is 0.158. The Kier molecular flexibility index (Phi) is 9.14. The highest BCUT2D eigenvalue weighted by molar-refractivity contribution is 8.14. The smallest absolute Gasteiger partial charge is 0.230 e. The molecule has 12 heteroatoms. The van der Waals surface area contributed by atoms with Crippen molar-refractivity contribution in [2.45, 2.75) is 44.4 Å². The van der Waals surface area contributed by atoms with E-state index in [2.05, 4.69) is 43.2 Å². The van der Waals surface area contributed by atoms with Crippen molar-refractivity contribution in [1.29, 1.82) is 10.5 Å². The van der Waals surface area contributed by atoms with Gasteiger partial charge in [0, 0.05) is 17.6 Å². The number of rotatable bonds is 7. The van der Waals surface area contributed by atoms with Crippen LogP contribution in [0.2, 0.25) is 0 Å². The first-order valence-corrected chi connectivity index (χ1v) is 15.0. The van der Waals surface area contributed by atoms with Gasteiger partial charge in [-0.05, 0) is 54.7 Å². The van der Waals surface area contributed by atoms with Gasteiger partial charge in [-0.25, -0.2) is 0 Å². The molecule has 206 valence electrons. The van der Waals surface area contributed by atoms with E-state index in [1.54, 1.807) is 36.4 Å². The summed E-state index contributed by atoms with van der Waals surface area (Å²) in [6.07, 6.45) is 4.25. The zero-order valence-electron chi connectivity index (χ0n) is 22.0. The van der Waals surface area contributed by atoms with Gasteiger partial charge >= 0.3 is 0 Å². The van der Waals surface area contributed by atoms with Crippen LogP contribution in [0.3, 0.4) is 0 Å². The van der Waals surface area contributed by atoms with Gasteiger partial charge in [0.1, 0.15) is 5.01 Å². The summed E-state index contributed by atoms with van der Waals surface area (Å²) in [6.45, 7) is 0. The highest BCUT2D eigenvalue weighted by Gasteiger charge is 2.30. The molecule has 41 heavy (non-hydrogen) atoms. The van der Waals surface area contributed by atoms with Crippen molar-refractivity contribution >= 4 is 50.9 Å². The fourth-order valence-electron chi connectivity index (χ4n) is 4.94. The number of anilines is 1. The van der Waals surface area contributed by atoms with Crippen molar-refractivity contribution in [3.05, 3.63) is 75.8 Å². The third-order valence-corrected chi connectivity index (χ3v) is 8.79. The van der Waals surface area contributed by atoms with Crippen LogP contribution in [-0.4, -0.2) is 38.6 Å². The van der Waals surface area contributed by atoms with E-state index in [-0.39, 0.29) is 36.5 Å². The molecular formula is C29H26N8O2S2. The largest absolute Gasteiger partial charge is 0.303 e. The van der Waals surface area contributed by atoms with Crippen LogP contribution in [-0.2, 0) is 22.4 Å². The number of aromatic nitrogens is 2. The fraction of sp³-hybridized carbons (Fsp3) is 0.310. The van der Waals surface area contributed by atoms with Crippen LogP contribution in [0.4, 0.5) is 5.13 Å². The molecule has 5 rings (SSSR count). The Hall–Kier alpha value is -4.39. The van der Waals surface area contributed by atoms with Crippen LogP contribution in [0.5, 0.6) is 0 Å². The normalized spacial score (nSPS) is 18.3. The monoisotopic (exact) mass is 582 g/mol. The molecule has 2 aliphatic rings. The summed E-state index contributed by atoms with van der Waals surface area (Å²) >= 11 is 2.87. The minimum Gasteiger partial charge on any atom is -0.303 e. The number of nitrogens with one attached hydrogen (secondary N) is 2. The van der Waals surface area contributed by atoms with Crippen molar-refractivity contribution < 1.29 is 9.59 Å². The van der Waals surface area contributed by atoms with Gasteiger partial charge in [0.05, 0.1) is 41.8 Å². The molecule has 0 spiro atoms. The molecule has 0 unspecified atom stereocenters.